The Bertz CT molecular complexity index is 502. The molecule has 3 nitrogen and oxygen atoms in total. The van der Waals surface area contributed by atoms with Crippen LogP contribution in [0.15, 0.2) is 23.6 Å². The molecule has 0 spiro atoms. The van der Waals surface area contributed by atoms with Gasteiger partial charge in [-0.2, -0.15) is 5.10 Å². The van der Waals surface area contributed by atoms with Gasteiger partial charge in [0.1, 0.15) is 0 Å². The summed E-state index contributed by atoms with van der Waals surface area (Å²) >= 11 is 1.84. The molecule has 0 fully saturated rings. The van der Waals surface area contributed by atoms with Gasteiger partial charge in [-0.3, -0.25) is 4.68 Å². The Balaban J connectivity index is 2.08. The van der Waals surface area contributed by atoms with E-state index in [4.69, 9.17) is 0 Å². The monoisotopic (exact) mass is 291 g/mol. The lowest BCUT2D eigenvalue weighted by Crippen LogP contribution is -2.33. The van der Waals surface area contributed by atoms with E-state index in [2.05, 4.69) is 59.4 Å². The van der Waals surface area contributed by atoms with E-state index in [1.807, 2.05) is 11.3 Å². The van der Waals surface area contributed by atoms with E-state index in [1.165, 1.54) is 16.3 Å². The van der Waals surface area contributed by atoms with E-state index in [-0.39, 0.29) is 0 Å². The number of nitrogens with one attached hydrogen (secondary N) is 1. The van der Waals surface area contributed by atoms with Crippen LogP contribution < -0.4 is 5.32 Å². The van der Waals surface area contributed by atoms with Crippen molar-refractivity contribution >= 4 is 11.3 Å². The van der Waals surface area contributed by atoms with E-state index in [0.29, 0.717) is 6.04 Å². The van der Waals surface area contributed by atoms with Crippen molar-refractivity contribution in [2.45, 2.75) is 52.6 Å². The van der Waals surface area contributed by atoms with Gasteiger partial charge in [-0.25, -0.2) is 0 Å². The minimum absolute atomic E-state index is 0.491. The van der Waals surface area contributed by atoms with Crippen LogP contribution in [0.1, 0.15) is 37.0 Å². The van der Waals surface area contributed by atoms with Crippen molar-refractivity contribution in [2.75, 3.05) is 6.54 Å². The molecule has 0 radical (unpaired) electrons. The second-order valence-corrected chi connectivity index (χ2v) is 6.07. The number of aryl methyl sites for hydroxylation is 2. The fourth-order valence-corrected chi connectivity index (χ4v) is 3.34. The molecule has 2 rings (SSSR count). The summed E-state index contributed by atoms with van der Waals surface area (Å²) in [5.74, 6) is 0. The molecular formula is C16H25N3S. The average Bonchev–Trinajstić information content (AvgIpc) is 3.08. The first kappa shape index (κ1) is 15.3. The Kier molecular flexibility index (Phi) is 5.80. The molecule has 0 amide bonds. The standard InChI is InChI=1S/C16H25N3S/c1-4-13-10-15(19(6-3)18-13)11-14(17-5-2)12-16-8-7-9-20-16/h7-10,14,17H,4-6,11-12H2,1-3H3. The minimum Gasteiger partial charge on any atom is -0.314 e. The first-order valence-electron chi connectivity index (χ1n) is 7.58. The third-order valence-corrected chi connectivity index (χ3v) is 4.45. The molecule has 0 aliphatic heterocycles. The van der Waals surface area contributed by atoms with Gasteiger partial charge in [0.25, 0.3) is 0 Å². The topological polar surface area (TPSA) is 29.9 Å². The number of hydrogen-bond donors (Lipinski definition) is 1. The first-order valence-corrected chi connectivity index (χ1v) is 8.46. The van der Waals surface area contributed by atoms with Crippen LogP contribution in [-0.4, -0.2) is 22.4 Å². The lowest BCUT2D eigenvalue weighted by Gasteiger charge is -2.17. The summed E-state index contributed by atoms with van der Waals surface area (Å²) in [5.41, 5.74) is 2.56. The fourth-order valence-electron chi connectivity index (χ4n) is 2.56. The van der Waals surface area contributed by atoms with Crippen molar-refractivity contribution in [3.63, 3.8) is 0 Å². The zero-order valence-electron chi connectivity index (χ0n) is 12.7. The highest BCUT2D eigenvalue weighted by molar-refractivity contribution is 7.09. The lowest BCUT2D eigenvalue weighted by atomic mass is 10.1. The summed E-state index contributed by atoms with van der Waals surface area (Å²) in [6.07, 6.45) is 3.16. The SMILES string of the molecule is CCNC(Cc1cccs1)Cc1cc(CC)nn1CC. The fraction of sp³-hybridized carbons (Fsp3) is 0.562. The number of rotatable bonds is 8. The van der Waals surface area contributed by atoms with Crippen LogP contribution in [0.5, 0.6) is 0 Å². The van der Waals surface area contributed by atoms with Crippen molar-refractivity contribution in [3.05, 3.63) is 39.8 Å². The van der Waals surface area contributed by atoms with Crippen LogP contribution >= 0.6 is 11.3 Å². The van der Waals surface area contributed by atoms with Gasteiger partial charge < -0.3 is 5.32 Å². The normalized spacial score (nSPS) is 12.8. The van der Waals surface area contributed by atoms with E-state index in [0.717, 1.165) is 32.4 Å². The highest BCUT2D eigenvalue weighted by atomic mass is 32.1. The lowest BCUT2D eigenvalue weighted by molar-refractivity contribution is 0.498. The molecule has 2 aromatic heterocycles. The molecule has 0 saturated carbocycles. The largest absolute Gasteiger partial charge is 0.314 e. The van der Waals surface area contributed by atoms with Crippen LogP contribution in [0, 0.1) is 0 Å². The highest BCUT2D eigenvalue weighted by Crippen LogP contribution is 2.15. The first-order chi connectivity index (χ1) is 9.76. The van der Waals surface area contributed by atoms with Crippen molar-refractivity contribution < 1.29 is 0 Å². The predicted octanol–water partition coefficient (Wildman–Crippen LogP) is 3.29. The molecule has 0 saturated heterocycles. The third-order valence-electron chi connectivity index (χ3n) is 3.55. The Labute approximate surface area is 126 Å². The van der Waals surface area contributed by atoms with Crippen LogP contribution in [-0.2, 0) is 25.8 Å². The van der Waals surface area contributed by atoms with Crippen LogP contribution in [0.2, 0.25) is 0 Å². The van der Waals surface area contributed by atoms with Crippen molar-refractivity contribution in [1.29, 1.82) is 0 Å². The van der Waals surface area contributed by atoms with Gasteiger partial charge in [0.2, 0.25) is 0 Å². The van der Waals surface area contributed by atoms with Gasteiger partial charge in [-0.15, -0.1) is 11.3 Å². The van der Waals surface area contributed by atoms with Gasteiger partial charge in [0.15, 0.2) is 0 Å². The number of thiophene rings is 1. The van der Waals surface area contributed by atoms with E-state index >= 15 is 0 Å². The summed E-state index contributed by atoms with van der Waals surface area (Å²) in [6, 6.07) is 7.12. The van der Waals surface area contributed by atoms with E-state index < -0.39 is 0 Å². The maximum absolute atomic E-state index is 4.65. The molecule has 0 aliphatic rings. The summed E-state index contributed by atoms with van der Waals surface area (Å²) in [6.45, 7) is 8.47. The molecule has 0 aromatic carbocycles. The maximum Gasteiger partial charge on any atom is 0.0624 e. The highest BCUT2D eigenvalue weighted by Gasteiger charge is 2.14. The third kappa shape index (κ3) is 3.93. The van der Waals surface area contributed by atoms with Gasteiger partial charge >= 0.3 is 0 Å². The molecule has 0 aliphatic carbocycles. The van der Waals surface area contributed by atoms with Gasteiger partial charge in [-0.05, 0) is 43.8 Å². The van der Waals surface area contributed by atoms with Crippen LogP contribution in [0.4, 0.5) is 0 Å². The molecule has 1 N–H and O–H groups in total. The summed E-state index contributed by atoms with van der Waals surface area (Å²) in [5, 5.41) is 10.4. The average molecular weight is 291 g/mol. The molecule has 4 heteroatoms. The molecule has 1 atom stereocenters. The van der Waals surface area contributed by atoms with Gasteiger partial charge in [-0.1, -0.05) is 19.9 Å². The molecule has 1 unspecified atom stereocenters. The molecule has 2 heterocycles. The quantitative estimate of drug-likeness (QED) is 0.809. The number of nitrogens with zero attached hydrogens (tertiary/aromatic N) is 2. The summed E-state index contributed by atoms with van der Waals surface area (Å²) < 4.78 is 2.15. The van der Waals surface area contributed by atoms with E-state index in [9.17, 15) is 0 Å². The van der Waals surface area contributed by atoms with Crippen molar-refractivity contribution in [1.82, 2.24) is 15.1 Å². The summed E-state index contributed by atoms with van der Waals surface area (Å²) in [4.78, 5) is 1.45. The second-order valence-electron chi connectivity index (χ2n) is 5.04. The van der Waals surface area contributed by atoms with Gasteiger partial charge in [0.05, 0.1) is 5.69 Å². The molecular weight excluding hydrogens is 266 g/mol. The second kappa shape index (κ2) is 7.60. The predicted molar refractivity (Wildman–Crippen MR) is 86.5 cm³/mol. The smallest absolute Gasteiger partial charge is 0.0624 e. The molecule has 20 heavy (non-hydrogen) atoms. The maximum atomic E-state index is 4.65. The number of aromatic nitrogens is 2. The molecule has 0 bridgehead atoms. The number of likely N-dealkylation sites (N-methyl/N-ethyl adjacent to an activating group) is 1. The van der Waals surface area contributed by atoms with Gasteiger partial charge in [0, 0.05) is 29.6 Å². The summed E-state index contributed by atoms with van der Waals surface area (Å²) in [7, 11) is 0. The molecule has 110 valence electrons. The Hall–Kier alpha value is -1.13. The minimum atomic E-state index is 0.491. The zero-order chi connectivity index (χ0) is 14.4. The molecule has 2 aromatic rings. The van der Waals surface area contributed by atoms with E-state index in [1.54, 1.807) is 0 Å². The number of hydrogen-bond acceptors (Lipinski definition) is 3. The van der Waals surface area contributed by atoms with Crippen molar-refractivity contribution in [2.24, 2.45) is 0 Å². The van der Waals surface area contributed by atoms with Crippen LogP contribution in [0.3, 0.4) is 0 Å². The zero-order valence-corrected chi connectivity index (χ0v) is 13.5. The Morgan fingerprint density at radius 2 is 2.15 bits per heavy atom. The Morgan fingerprint density at radius 3 is 2.75 bits per heavy atom. The van der Waals surface area contributed by atoms with Crippen LogP contribution in [0.25, 0.3) is 0 Å². The Morgan fingerprint density at radius 1 is 1.30 bits per heavy atom. The van der Waals surface area contributed by atoms with Crippen molar-refractivity contribution in [3.8, 4) is 0 Å².